The molecule has 1 atom stereocenters. The molecule has 1 aromatic heterocycles. The maximum Gasteiger partial charge on any atom is 0.270 e. The van der Waals surface area contributed by atoms with Gasteiger partial charge in [0, 0.05) is 18.3 Å². The molecule has 128 valence electrons. The number of aryl methyl sites for hydroxylation is 1. The number of nitrogens with zero attached hydrogens (tertiary/aromatic N) is 2. The number of amides is 1. The number of rotatable bonds is 6. The predicted octanol–water partition coefficient (Wildman–Crippen LogP) is 1.16. The molecular weight excluding hydrogens is 316 g/mol. The summed E-state index contributed by atoms with van der Waals surface area (Å²) >= 11 is 0. The van der Waals surface area contributed by atoms with Crippen LogP contribution in [0, 0.1) is 12.8 Å². The second-order valence-electron chi connectivity index (χ2n) is 6.40. The van der Waals surface area contributed by atoms with E-state index in [9.17, 15) is 13.2 Å². The summed E-state index contributed by atoms with van der Waals surface area (Å²) < 4.78 is 22.9. The van der Waals surface area contributed by atoms with Gasteiger partial charge in [0.2, 0.25) is 5.95 Å². The number of sulfone groups is 1. The number of nitrogens with one attached hydrogen (secondary N) is 2. The smallest absolute Gasteiger partial charge is 0.270 e. The highest BCUT2D eigenvalue weighted by Crippen LogP contribution is 2.13. The van der Waals surface area contributed by atoms with Crippen LogP contribution in [0.4, 0.5) is 5.95 Å². The van der Waals surface area contributed by atoms with Crippen molar-refractivity contribution >= 4 is 21.7 Å². The first kappa shape index (κ1) is 17.7. The van der Waals surface area contributed by atoms with Gasteiger partial charge < -0.3 is 10.6 Å². The summed E-state index contributed by atoms with van der Waals surface area (Å²) in [5.41, 5.74) is 0.949. The number of carbonyl (C=O) groups excluding carboxylic acids is 1. The van der Waals surface area contributed by atoms with Crippen molar-refractivity contribution in [3.63, 3.8) is 0 Å². The van der Waals surface area contributed by atoms with Crippen molar-refractivity contribution in [2.24, 2.45) is 5.92 Å². The molecule has 1 saturated heterocycles. The highest BCUT2D eigenvalue weighted by Gasteiger charge is 2.29. The average Bonchev–Trinajstić information content (AvgIpc) is 2.76. The van der Waals surface area contributed by atoms with Crippen molar-refractivity contribution < 1.29 is 13.2 Å². The van der Waals surface area contributed by atoms with E-state index in [1.165, 1.54) is 0 Å². The lowest BCUT2D eigenvalue weighted by Crippen LogP contribution is -2.36. The number of hydrogen-bond acceptors (Lipinski definition) is 6. The number of hydrogen-bond donors (Lipinski definition) is 2. The van der Waals surface area contributed by atoms with Gasteiger partial charge in [0.25, 0.3) is 5.91 Å². The normalized spacial score (nSPS) is 19.7. The molecule has 2 heterocycles. The van der Waals surface area contributed by atoms with Crippen molar-refractivity contribution in [3.8, 4) is 0 Å². The zero-order valence-corrected chi connectivity index (χ0v) is 14.6. The summed E-state index contributed by atoms with van der Waals surface area (Å²) in [6, 6.07) is 1.27. The van der Waals surface area contributed by atoms with Gasteiger partial charge in [-0.05, 0) is 31.7 Å². The fourth-order valence-electron chi connectivity index (χ4n) is 2.40. The van der Waals surface area contributed by atoms with Crippen LogP contribution in [0.1, 0.15) is 42.9 Å². The Morgan fingerprint density at radius 1 is 1.39 bits per heavy atom. The lowest BCUT2D eigenvalue weighted by molar-refractivity contribution is 0.0936. The molecule has 1 amide bonds. The van der Waals surface area contributed by atoms with E-state index in [-0.39, 0.29) is 29.1 Å². The minimum Gasteiger partial charge on any atom is -0.354 e. The van der Waals surface area contributed by atoms with E-state index >= 15 is 0 Å². The lowest BCUT2D eigenvalue weighted by Gasteiger charge is -2.12. The average molecular weight is 340 g/mol. The Morgan fingerprint density at radius 3 is 2.74 bits per heavy atom. The van der Waals surface area contributed by atoms with E-state index in [0.29, 0.717) is 24.0 Å². The van der Waals surface area contributed by atoms with Crippen LogP contribution in [-0.4, -0.2) is 48.4 Å². The van der Waals surface area contributed by atoms with Crippen LogP contribution in [-0.2, 0) is 9.84 Å². The molecule has 2 N–H and O–H groups in total. The molecule has 1 unspecified atom stereocenters. The Kier molecular flexibility index (Phi) is 5.56. The fraction of sp³-hybridized carbons (Fsp3) is 0.667. The fourth-order valence-corrected chi connectivity index (χ4v) is 4.08. The summed E-state index contributed by atoms with van der Waals surface area (Å²) in [4.78, 5) is 20.8. The molecule has 0 bridgehead atoms. The summed E-state index contributed by atoms with van der Waals surface area (Å²) in [5.74, 6) is 0.768. The van der Waals surface area contributed by atoms with Crippen molar-refractivity contribution in [1.29, 1.82) is 0 Å². The van der Waals surface area contributed by atoms with Gasteiger partial charge in [-0.2, -0.15) is 0 Å². The summed E-state index contributed by atoms with van der Waals surface area (Å²) in [5, 5.41) is 5.86. The largest absolute Gasteiger partial charge is 0.354 e. The van der Waals surface area contributed by atoms with Gasteiger partial charge >= 0.3 is 0 Å². The Bertz CT molecular complexity index is 673. The van der Waals surface area contributed by atoms with Gasteiger partial charge in [-0.3, -0.25) is 4.79 Å². The molecule has 2 rings (SSSR count). The van der Waals surface area contributed by atoms with Crippen LogP contribution >= 0.6 is 0 Å². The maximum atomic E-state index is 12.3. The first-order valence-corrected chi connectivity index (χ1v) is 9.68. The number of aromatic nitrogens is 2. The van der Waals surface area contributed by atoms with Crippen LogP contribution in [0.5, 0.6) is 0 Å². The van der Waals surface area contributed by atoms with Crippen molar-refractivity contribution in [2.75, 3.05) is 23.4 Å². The standard InChI is InChI=1S/C15H24N4O3S/c1-10(2)4-6-16-15-17-11(3)8-13(19-15)14(20)18-12-5-7-23(21,22)9-12/h8,10,12H,4-7,9H2,1-3H3,(H,18,20)(H,16,17,19). The zero-order valence-electron chi connectivity index (χ0n) is 13.8. The number of anilines is 1. The first-order chi connectivity index (χ1) is 10.7. The van der Waals surface area contributed by atoms with Gasteiger partial charge in [-0.25, -0.2) is 18.4 Å². The summed E-state index contributed by atoms with van der Waals surface area (Å²) in [6.07, 6.45) is 1.44. The topological polar surface area (TPSA) is 101 Å². The molecule has 1 aliphatic heterocycles. The molecule has 0 aromatic carbocycles. The summed E-state index contributed by atoms with van der Waals surface area (Å²) in [7, 11) is -3.02. The van der Waals surface area contributed by atoms with E-state index in [1.54, 1.807) is 13.0 Å². The highest BCUT2D eigenvalue weighted by molar-refractivity contribution is 7.91. The molecule has 1 aromatic rings. The number of carbonyl (C=O) groups is 1. The van der Waals surface area contributed by atoms with Crippen molar-refractivity contribution in [1.82, 2.24) is 15.3 Å². The molecular formula is C15H24N4O3S. The van der Waals surface area contributed by atoms with Crippen LogP contribution in [0.2, 0.25) is 0 Å². The first-order valence-electron chi connectivity index (χ1n) is 7.86. The van der Waals surface area contributed by atoms with Crippen LogP contribution in [0.15, 0.2) is 6.07 Å². The van der Waals surface area contributed by atoms with Gasteiger partial charge in [0.15, 0.2) is 9.84 Å². The van der Waals surface area contributed by atoms with E-state index in [4.69, 9.17) is 0 Å². The van der Waals surface area contributed by atoms with E-state index in [0.717, 1.165) is 13.0 Å². The van der Waals surface area contributed by atoms with Crippen molar-refractivity contribution in [3.05, 3.63) is 17.5 Å². The molecule has 0 spiro atoms. The highest BCUT2D eigenvalue weighted by atomic mass is 32.2. The Hall–Kier alpha value is -1.70. The molecule has 23 heavy (non-hydrogen) atoms. The minimum atomic E-state index is -3.02. The minimum absolute atomic E-state index is 0.00228. The predicted molar refractivity (Wildman–Crippen MR) is 89.2 cm³/mol. The third-order valence-corrected chi connectivity index (χ3v) is 5.43. The van der Waals surface area contributed by atoms with E-state index in [2.05, 4.69) is 34.4 Å². The Labute approximate surface area is 137 Å². The lowest BCUT2D eigenvalue weighted by atomic mass is 10.1. The maximum absolute atomic E-state index is 12.3. The molecule has 7 nitrogen and oxygen atoms in total. The quantitative estimate of drug-likeness (QED) is 0.806. The van der Waals surface area contributed by atoms with Gasteiger partial charge in [-0.1, -0.05) is 13.8 Å². The summed E-state index contributed by atoms with van der Waals surface area (Å²) in [6.45, 7) is 6.80. The zero-order chi connectivity index (χ0) is 17.0. The van der Waals surface area contributed by atoms with Crippen molar-refractivity contribution in [2.45, 2.75) is 39.7 Å². The van der Waals surface area contributed by atoms with E-state index in [1.807, 2.05) is 0 Å². The molecule has 0 aliphatic carbocycles. The van der Waals surface area contributed by atoms with Gasteiger partial charge in [0.1, 0.15) is 5.69 Å². The van der Waals surface area contributed by atoms with E-state index < -0.39 is 9.84 Å². The van der Waals surface area contributed by atoms with Crippen LogP contribution in [0.25, 0.3) is 0 Å². The van der Waals surface area contributed by atoms with Gasteiger partial charge in [-0.15, -0.1) is 0 Å². The third kappa shape index (κ3) is 5.46. The second-order valence-corrected chi connectivity index (χ2v) is 8.63. The molecule has 0 saturated carbocycles. The monoisotopic (exact) mass is 340 g/mol. The van der Waals surface area contributed by atoms with Crippen LogP contribution < -0.4 is 10.6 Å². The third-order valence-electron chi connectivity index (χ3n) is 3.66. The molecule has 8 heteroatoms. The molecule has 1 fully saturated rings. The Balaban J connectivity index is 2.01. The molecule has 1 aliphatic rings. The van der Waals surface area contributed by atoms with Gasteiger partial charge in [0.05, 0.1) is 11.5 Å². The van der Waals surface area contributed by atoms with Crippen LogP contribution in [0.3, 0.4) is 0 Å². The molecule has 0 radical (unpaired) electrons. The Morgan fingerprint density at radius 2 is 2.13 bits per heavy atom. The SMILES string of the molecule is Cc1cc(C(=O)NC2CCS(=O)(=O)C2)nc(NCCC(C)C)n1. The second kappa shape index (κ2) is 7.25.